The molecule has 0 saturated heterocycles. The molecule has 0 atom stereocenters. The fraction of sp³-hybridized carbons (Fsp3) is 0.750. The molecule has 14 heavy (non-hydrogen) atoms. The minimum atomic E-state index is 0.268. The van der Waals surface area contributed by atoms with Crippen molar-refractivity contribution in [1.82, 2.24) is 4.90 Å². The van der Waals surface area contributed by atoms with E-state index < -0.39 is 0 Å². The van der Waals surface area contributed by atoms with Crippen LogP contribution in [0.3, 0.4) is 0 Å². The molecule has 0 aromatic carbocycles. The Hall–Kier alpha value is -0.790. The molecule has 0 spiro atoms. The SMILES string of the molecule is CC.CC.CCC(=O)N1CC=CCC1. The highest BCUT2D eigenvalue weighted by molar-refractivity contribution is 5.76. The second kappa shape index (κ2) is 12.2. The quantitative estimate of drug-likeness (QED) is 0.594. The highest BCUT2D eigenvalue weighted by Gasteiger charge is 2.10. The van der Waals surface area contributed by atoms with Gasteiger partial charge >= 0.3 is 0 Å². The Morgan fingerprint density at radius 3 is 2.14 bits per heavy atom. The first-order valence-electron chi connectivity index (χ1n) is 5.77. The molecular formula is C12H25NO. The third-order valence-corrected chi connectivity index (χ3v) is 1.71. The van der Waals surface area contributed by atoms with Crippen molar-refractivity contribution < 1.29 is 4.79 Å². The summed E-state index contributed by atoms with van der Waals surface area (Å²) in [4.78, 5) is 12.9. The van der Waals surface area contributed by atoms with E-state index in [1.807, 2.05) is 39.5 Å². The first-order chi connectivity index (χ1) is 6.84. The zero-order valence-corrected chi connectivity index (χ0v) is 10.3. The van der Waals surface area contributed by atoms with Gasteiger partial charge in [-0.15, -0.1) is 0 Å². The van der Waals surface area contributed by atoms with Crippen LogP contribution in [0.25, 0.3) is 0 Å². The smallest absolute Gasteiger partial charge is 0.222 e. The van der Waals surface area contributed by atoms with Gasteiger partial charge in [-0.2, -0.15) is 0 Å². The maximum Gasteiger partial charge on any atom is 0.222 e. The standard InChI is InChI=1S/C8H13NO.2C2H6/c1-2-8(10)9-6-4-3-5-7-9;2*1-2/h3-4H,2,5-7H2,1H3;2*1-2H3. The van der Waals surface area contributed by atoms with E-state index in [1.165, 1.54) is 0 Å². The Balaban J connectivity index is 0. The average Bonchev–Trinajstić information content (AvgIpc) is 2.34. The first kappa shape index (κ1) is 15.7. The molecule has 2 nitrogen and oxygen atoms in total. The normalized spacial score (nSPS) is 13.4. The second-order valence-corrected chi connectivity index (χ2v) is 2.45. The van der Waals surface area contributed by atoms with Crippen LogP contribution in [0.5, 0.6) is 0 Å². The Morgan fingerprint density at radius 2 is 1.79 bits per heavy atom. The molecule has 1 aliphatic heterocycles. The van der Waals surface area contributed by atoms with Crippen molar-refractivity contribution in [1.29, 1.82) is 0 Å². The molecule has 1 rings (SSSR count). The van der Waals surface area contributed by atoms with Crippen molar-refractivity contribution in [3.8, 4) is 0 Å². The maximum absolute atomic E-state index is 11.1. The molecule has 0 radical (unpaired) electrons. The predicted octanol–water partition coefficient (Wildman–Crippen LogP) is 3.24. The number of rotatable bonds is 1. The summed E-state index contributed by atoms with van der Waals surface area (Å²) in [5.74, 6) is 0.268. The number of amides is 1. The molecule has 0 fully saturated rings. The zero-order valence-electron chi connectivity index (χ0n) is 10.3. The van der Waals surface area contributed by atoms with E-state index >= 15 is 0 Å². The van der Waals surface area contributed by atoms with E-state index in [9.17, 15) is 4.79 Å². The van der Waals surface area contributed by atoms with E-state index in [-0.39, 0.29) is 5.91 Å². The lowest BCUT2D eigenvalue weighted by molar-refractivity contribution is -0.130. The lowest BCUT2D eigenvalue weighted by Crippen LogP contribution is -2.32. The van der Waals surface area contributed by atoms with Gasteiger partial charge in [0.15, 0.2) is 0 Å². The summed E-state index contributed by atoms with van der Waals surface area (Å²) in [5.41, 5.74) is 0. The molecule has 0 bridgehead atoms. The summed E-state index contributed by atoms with van der Waals surface area (Å²) in [5, 5.41) is 0. The van der Waals surface area contributed by atoms with Gasteiger partial charge in [0.2, 0.25) is 5.91 Å². The lowest BCUT2D eigenvalue weighted by atomic mass is 10.2. The van der Waals surface area contributed by atoms with E-state index in [0.29, 0.717) is 6.42 Å². The Bertz CT molecular complexity index is 152. The highest BCUT2D eigenvalue weighted by atomic mass is 16.2. The van der Waals surface area contributed by atoms with Crippen molar-refractivity contribution in [2.75, 3.05) is 13.1 Å². The van der Waals surface area contributed by atoms with Crippen LogP contribution in [0.1, 0.15) is 47.5 Å². The molecule has 0 aromatic rings. The summed E-state index contributed by atoms with van der Waals surface area (Å²) >= 11 is 0. The van der Waals surface area contributed by atoms with Crippen molar-refractivity contribution in [2.45, 2.75) is 47.5 Å². The lowest BCUT2D eigenvalue weighted by Gasteiger charge is -2.22. The Morgan fingerprint density at radius 1 is 1.21 bits per heavy atom. The number of nitrogens with zero attached hydrogens (tertiary/aromatic N) is 1. The first-order valence-corrected chi connectivity index (χ1v) is 5.77. The summed E-state index contributed by atoms with van der Waals surface area (Å²) in [7, 11) is 0. The van der Waals surface area contributed by atoms with Gasteiger partial charge in [-0.25, -0.2) is 0 Å². The van der Waals surface area contributed by atoms with Gasteiger partial charge in [0.05, 0.1) is 0 Å². The Labute approximate surface area is 89.0 Å². The van der Waals surface area contributed by atoms with Crippen molar-refractivity contribution in [3.63, 3.8) is 0 Å². The van der Waals surface area contributed by atoms with Crippen LogP contribution >= 0.6 is 0 Å². The van der Waals surface area contributed by atoms with Gasteiger partial charge in [-0.1, -0.05) is 46.8 Å². The average molecular weight is 199 g/mol. The summed E-state index contributed by atoms with van der Waals surface area (Å²) in [6, 6.07) is 0. The molecular weight excluding hydrogens is 174 g/mol. The molecule has 0 saturated carbocycles. The molecule has 84 valence electrons. The zero-order chi connectivity index (χ0) is 11.4. The van der Waals surface area contributed by atoms with Crippen molar-refractivity contribution in [3.05, 3.63) is 12.2 Å². The second-order valence-electron chi connectivity index (χ2n) is 2.45. The highest BCUT2D eigenvalue weighted by Crippen LogP contribution is 2.02. The molecule has 2 heteroatoms. The van der Waals surface area contributed by atoms with Gasteiger partial charge in [-0.05, 0) is 6.42 Å². The van der Waals surface area contributed by atoms with Crippen LogP contribution in [0.4, 0.5) is 0 Å². The monoisotopic (exact) mass is 199 g/mol. The van der Waals surface area contributed by atoms with Gasteiger partial charge in [0.25, 0.3) is 0 Å². The third-order valence-electron chi connectivity index (χ3n) is 1.71. The van der Waals surface area contributed by atoms with Gasteiger partial charge in [0, 0.05) is 19.5 Å². The van der Waals surface area contributed by atoms with Crippen LogP contribution in [0, 0.1) is 0 Å². The van der Waals surface area contributed by atoms with E-state index in [0.717, 1.165) is 19.5 Å². The van der Waals surface area contributed by atoms with E-state index in [2.05, 4.69) is 12.2 Å². The summed E-state index contributed by atoms with van der Waals surface area (Å²) < 4.78 is 0. The molecule has 1 aliphatic rings. The fourth-order valence-corrected chi connectivity index (χ4v) is 1.09. The van der Waals surface area contributed by atoms with E-state index in [1.54, 1.807) is 0 Å². The van der Waals surface area contributed by atoms with Gasteiger partial charge in [0.1, 0.15) is 0 Å². The molecule has 0 aromatic heterocycles. The number of carbonyl (C=O) groups is 1. The molecule has 1 amide bonds. The Kier molecular flexibility index (Phi) is 13.7. The topological polar surface area (TPSA) is 20.3 Å². The van der Waals surface area contributed by atoms with Crippen molar-refractivity contribution in [2.24, 2.45) is 0 Å². The molecule has 0 aliphatic carbocycles. The van der Waals surface area contributed by atoms with E-state index in [4.69, 9.17) is 0 Å². The fourth-order valence-electron chi connectivity index (χ4n) is 1.09. The largest absolute Gasteiger partial charge is 0.339 e. The molecule has 0 N–H and O–H groups in total. The third kappa shape index (κ3) is 6.70. The predicted molar refractivity (Wildman–Crippen MR) is 63.3 cm³/mol. The summed E-state index contributed by atoms with van der Waals surface area (Å²) in [6.45, 7) is 11.6. The minimum Gasteiger partial charge on any atom is -0.339 e. The summed E-state index contributed by atoms with van der Waals surface area (Å²) in [6.07, 6.45) is 5.83. The molecule has 0 unspecified atom stereocenters. The van der Waals surface area contributed by atoms with Crippen LogP contribution in [0.2, 0.25) is 0 Å². The van der Waals surface area contributed by atoms with Gasteiger partial charge < -0.3 is 4.90 Å². The van der Waals surface area contributed by atoms with Crippen LogP contribution in [0.15, 0.2) is 12.2 Å². The van der Waals surface area contributed by atoms with Gasteiger partial charge in [-0.3, -0.25) is 4.79 Å². The van der Waals surface area contributed by atoms with Crippen LogP contribution in [-0.2, 0) is 4.79 Å². The number of carbonyl (C=O) groups excluding carboxylic acids is 1. The van der Waals surface area contributed by atoms with Crippen molar-refractivity contribution >= 4 is 5.91 Å². The number of hydrogen-bond donors (Lipinski definition) is 0. The molecule has 1 heterocycles. The van der Waals surface area contributed by atoms with Crippen LogP contribution < -0.4 is 0 Å². The maximum atomic E-state index is 11.1. The number of hydrogen-bond acceptors (Lipinski definition) is 1. The van der Waals surface area contributed by atoms with Crippen LogP contribution in [-0.4, -0.2) is 23.9 Å². The minimum absolute atomic E-state index is 0.268.